The van der Waals surface area contributed by atoms with E-state index in [1.54, 1.807) is 29.2 Å². The van der Waals surface area contributed by atoms with Gasteiger partial charge in [0.2, 0.25) is 12.3 Å². The maximum Gasteiger partial charge on any atom is 0.251 e. The lowest BCUT2D eigenvalue weighted by Crippen LogP contribution is -2.52. The molecule has 0 saturated carbocycles. The van der Waals surface area contributed by atoms with Crippen molar-refractivity contribution in [1.29, 1.82) is 0 Å². The molecule has 0 unspecified atom stereocenters. The predicted molar refractivity (Wildman–Crippen MR) is 81.6 cm³/mol. The molecule has 0 bridgehead atoms. The first-order chi connectivity index (χ1) is 10.6. The molecule has 0 radical (unpaired) electrons. The van der Waals surface area contributed by atoms with E-state index >= 15 is 0 Å². The number of hydrogen-bond acceptors (Lipinski definition) is 4. The maximum absolute atomic E-state index is 12.6. The van der Waals surface area contributed by atoms with Crippen LogP contribution in [0.2, 0.25) is 5.02 Å². The van der Waals surface area contributed by atoms with Crippen molar-refractivity contribution in [3.05, 3.63) is 29.3 Å². The summed E-state index contributed by atoms with van der Waals surface area (Å²) >= 11 is 5.94. The Balaban J connectivity index is 1.76. The van der Waals surface area contributed by atoms with Crippen LogP contribution >= 0.6 is 11.6 Å². The molecule has 2 saturated heterocycles. The fraction of sp³-hybridized carbons (Fsp3) is 0.400. The van der Waals surface area contributed by atoms with E-state index in [-0.39, 0.29) is 18.2 Å². The highest BCUT2D eigenvalue weighted by atomic mass is 35.5. The largest absolute Gasteiger partial charge is 0.343 e. The number of nitrogens with zero attached hydrogens (tertiary/aromatic N) is 3. The van der Waals surface area contributed by atoms with Crippen LogP contribution in [0.1, 0.15) is 6.42 Å². The highest BCUT2D eigenvalue weighted by Crippen LogP contribution is 2.27. The van der Waals surface area contributed by atoms with E-state index in [1.165, 1.54) is 4.90 Å². The number of carbonyl (C=O) groups is 3. The Kier molecular flexibility index (Phi) is 4.13. The van der Waals surface area contributed by atoms with Crippen LogP contribution in [0.3, 0.4) is 0 Å². The second-order valence-corrected chi connectivity index (χ2v) is 5.88. The molecule has 1 aromatic rings. The minimum atomic E-state index is -0.444. The maximum atomic E-state index is 12.6. The van der Waals surface area contributed by atoms with Gasteiger partial charge in [0, 0.05) is 31.2 Å². The van der Waals surface area contributed by atoms with E-state index in [9.17, 15) is 14.4 Å². The number of hydrogen-bond donors (Lipinski definition) is 0. The Labute approximate surface area is 133 Å². The summed E-state index contributed by atoms with van der Waals surface area (Å²) < 4.78 is 0. The predicted octanol–water partition coefficient (Wildman–Crippen LogP) is 0.746. The van der Waals surface area contributed by atoms with Crippen LogP contribution in [0.15, 0.2) is 24.3 Å². The van der Waals surface area contributed by atoms with Gasteiger partial charge in [-0.25, -0.2) is 4.90 Å². The number of imide groups is 1. The van der Waals surface area contributed by atoms with Gasteiger partial charge >= 0.3 is 0 Å². The van der Waals surface area contributed by atoms with Gasteiger partial charge in [0.05, 0.1) is 18.2 Å². The Bertz CT molecular complexity index is 614. The van der Waals surface area contributed by atoms with Crippen molar-refractivity contribution in [2.24, 2.45) is 0 Å². The first-order valence-electron chi connectivity index (χ1n) is 7.16. The topological polar surface area (TPSA) is 60.9 Å². The third-order valence-corrected chi connectivity index (χ3v) is 4.36. The lowest BCUT2D eigenvalue weighted by atomic mass is 10.2. The summed E-state index contributed by atoms with van der Waals surface area (Å²) in [6.07, 6.45) is 0.990. The first-order valence-corrected chi connectivity index (χ1v) is 7.53. The minimum Gasteiger partial charge on any atom is -0.343 e. The highest BCUT2D eigenvalue weighted by Gasteiger charge is 2.43. The van der Waals surface area contributed by atoms with Crippen molar-refractivity contribution >= 4 is 35.5 Å². The van der Waals surface area contributed by atoms with Gasteiger partial charge in [-0.05, 0) is 18.2 Å². The standard InChI is InChI=1S/C15H16ClN3O3/c16-11-2-1-3-12(8-11)19-14(21)9-13(15(19)22)18-6-4-17(10-20)5-7-18/h1-3,8,10,13H,4-7,9H2/t13-/m0/s1. The minimum absolute atomic E-state index is 0.173. The summed E-state index contributed by atoms with van der Waals surface area (Å²) in [5.74, 6) is -0.429. The van der Waals surface area contributed by atoms with Crippen LogP contribution in [0.25, 0.3) is 0 Å². The molecular weight excluding hydrogens is 306 g/mol. The number of piperazine rings is 1. The number of rotatable bonds is 3. The van der Waals surface area contributed by atoms with Crippen LogP contribution in [0.5, 0.6) is 0 Å². The van der Waals surface area contributed by atoms with Crippen LogP contribution in [-0.4, -0.2) is 60.2 Å². The molecule has 1 atom stereocenters. The summed E-state index contributed by atoms with van der Waals surface area (Å²) in [7, 11) is 0. The van der Waals surface area contributed by atoms with E-state index in [2.05, 4.69) is 0 Å². The first kappa shape index (κ1) is 15.0. The molecule has 3 rings (SSSR count). The molecule has 2 aliphatic heterocycles. The lowest BCUT2D eigenvalue weighted by molar-refractivity contribution is -0.124. The molecule has 0 N–H and O–H groups in total. The smallest absolute Gasteiger partial charge is 0.251 e. The number of benzene rings is 1. The average Bonchev–Trinajstić information content (AvgIpc) is 2.82. The summed E-state index contributed by atoms with van der Waals surface area (Å²) in [6.45, 7) is 2.37. The summed E-state index contributed by atoms with van der Waals surface area (Å²) in [6, 6.07) is 6.29. The van der Waals surface area contributed by atoms with Gasteiger partial charge in [-0.2, -0.15) is 0 Å². The molecule has 22 heavy (non-hydrogen) atoms. The molecule has 2 heterocycles. The van der Waals surface area contributed by atoms with Crippen LogP contribution in [0.4, 0.5) is 5.69 Å². The molecule has 7 heteroatoms. The number of halogens is 1. The summed E-state index contributed by atoms with van der Waals surface area (Å²) in [5, 5.41) is 0.487. The van der Waals surface area contributed by atoms with E-state index in [0.29, 0.717) is 36.9 Å². The molecule has 3 amide bonds. The molecule has 2 fully saturated rings. The molecule has 1 aromatic carbocycles. The van der Waals surface area contributed by atoms with Gasteiger partial charge in [-0.15, -0.1) is 0 Å². The lowest BCUT2D eigenvalue weighted by Gasteiger charge is -2.35. The van der Waals surface area contributed by atoms with Crippen molar-refractivity contribution in [3.63, 3.8) is 0 Å². The van der Waals surface area contributed by atoms with Gasteiger partial charge < -0.3 is 4.90 Å². The van der Waals surface area contributed by atoms with E-state index in [1.807, 2.05) is 4.90 Å². The number of carbonyl (C=O) groups excluding carboxylic acids is 3. The molecular formula is C15H16ClN3O3. The van der Waals surface area contributed by atoms with Gasteiger partial charge in [-0.3, -0.25) is 19.3 Å². The van der Waals surface area contributed by atoms with Gasteiger partial charge in [0.1, 0.15) is 0 Å². The van der Waals surface area contributed by atoms with Crippen molar-refractivity contribution < 1.29 is 14.4 Å². The van der Waals surface area contributed by atoms with E-state index < -0.39 is 6.04 Å². The zero-order valence-electron chi connectivity index (χ0n) is 11.9. The van der Waals surface area contributed by atoms with Crippen LogP contribution < -0.4 is 4.90 Å². The van der Waals surface area contributed by atoms with Gasteiger partial charge in [0.25, 0.3) is 5.91 Å². The zero-order chi connectivity index (χ0) is 15.7. The van der Waals surface area contributed by atoms with E-state index in [4.69, 9.17) is 11.6 Å². The Morgan fingerprint density at radius 3 is 2.50 bits per heavy atom. The van der Waals surface area contributed by atoms with Crippen molar-refractivity contribution in [3.8, 4) is 0 Å². The van der Waals surface area contributed by atoms with Crippen LogP contribution in [0, 0.1) is 0 Å². The van der Waals surface area contributed by atoms with E-state index in [0.717, 1.165) is 6.41 Å². The molecule has 0 aromatic heterocycles. The van der Waals surface area contributed by atoms with Crippen molar-refractivity contribution in [2.45, 2.75) is 12.5 Å². The Hall–Kier alpha value is -1.92. The normalized spacial score (nSPS) is 23.2. The number of amides is 3. The highest BCUT2D eigenvalue weighted by molar-refractivity contribution is 6.31. The number of anilines is 1. The van der Waals surface area contributed by atoms with Crippen molar-refractivity contribution in [1.82, 2.24) is 9.80 Å². The Morgan fingerprint density at radius 1 is 1.14 bits per heavy atom. The van der Waals surface area contributed by atoms with Crippen LogP contribution in [-0.2, 0) is 14.4 Å². The zero-order valence-corrected chi connectivity index (χ0v) is 12.7. The van der Waals surface area contributed by atoms with Gasteiger partial charge in [0.15, 0.2) is 0 Å². The molecule has 2 aliphatic rings. The monoisotopic (exact) mass is 321 g/mol. The Morgan fingerprint density at radius 2 is 1.86 bits per heavy atom. The fourth-order valence-corrected chi connectivity index (χ4v) is 3.13. The fourth-order valence-electron chi connectivity index (χ4n) is 2.94. The third-order valence-electron chi connectivity index (χ3n) is 4.13. The molecule has 6 nitrogen and oxygen atoms in total. The summed E-state index contributed by atoms with van der Waals surface area (Å²) in [4.78, 5) is 40.5. The van der Waals surface area contributed by atoms with Crippen molar-refractivity contribution in [2.75, 3.05) is 31.1 Å². The van der Waals surface area contributed by atoms with Gasteiger partial charge in [-0.1, -0.05) is 17.7 Å². The second-order valence-electron chi connectivity index (χ2n) is 5.44. The SMILES string of the molecule is O=CN1CCN([C@H]2CC(=O)N(c3cccc(Cl)c3)C2=O)CC1. The molecule has 0 aliphatic carbocycles. The average molecular weight is 322 g/mol. The molecule has 0 spiro atoms. The summed E-state index contributed by atoms with van der Waals surface area (Å²) in [5.41, 5.74) is 0.511. The molecule has 116 valence electrons. The third kappa shape index (κ3) is 2.71. The quantitative estimate of drug-likeness (QED) is 0.609. The second kappa shape index (κ2) is 6.06.